The lowest BCUT2D eigenvalue weighted by molar-refractivity contribution is -0.139. The van der Waals surface area contributed by atoms with Crippen molar-refractivity contribution in [1.29, 1.82) is 0 Å². The molecule has 0 aromatic rings. The van der Waals surface area contributed by atoms with E-state index in [9.17, 15) is 28.8 Å². The van der Waals surface area contributed by atoms with Crippen molar-refractivity contribution in [2.45, 2.75) is 161 Å². The zero-order chi connectivity index (χ0) is 68.4. The molecule has 6 rings (SSSR count). The highest BCUT2D eigenvalue weighted by Gasteiger charge is 2.82. The van der Waals surface area contributed by atoms with E-state index in [0.717, 1.165) is 0 Å². The van der Waals surface area contributed by atoms with Gasteiger partial charge < -0.3 is 83.2 Å². The minimum Gasteiger partial charge on any atom is -0.494 e. The molecule has 6 fully saturated rings. The second-order valence-electron chi connectivity index (χ2n) is 23.6. The lowest BCUT2D eigenvalue weighted by Crippen LogP contribution is -2.87. The van der Waals surface area contributed by atoms with Crippen LogP contribution in [0.2, 0.25) is 54.0 Å². The van der Waals surface area contributed by atoms with Crippen molar-refractivity contribution in [3.63, 3.8) is 0 Å². The van der Waals surface area contributed by atoms with Gasteiger partial charge in [-0.3, -0.25) is 0 Å². The van der Waals surface area contributed by atoms with Crippen molar-refractivity contribution >= 4 is 106 Å². The highest BCUT2D eigenvalue weighted by Crippen LogP contribution is 2.56. The third-order valence-corrected chi connectivity index (χ3v) is 54.9. The fourth-order valence-corrected chi connectivity index (χ4v) is 65.3. The fraction of sp³-hybridized carbons (Fsp3) is 0.559. The molecule has 8 unspecified atom stereocenters. The molecule has 6 saturated heterocycles. The van der Waals surface area contributed by atoms with Crippen LogP contribution < -0.4 is 0 Å². The van der Waals surface area contributed by atoms with Crippen LogP contribution >= 0.6 is 0 Å². The quantitative estimate of drug-likeness (QED) is 0.0104. The molecule has 92 heavy (non-hydrogen) atoms. The lowest BCUT2D eigenvalue weighted by Gasteiger charge is -2.64. The second kappa shape index (κ2) is 34.2. The molecule has 0 N–H and O–H groups in total. The number of carbonyl (C=O) groups is 6. The van der Waals surface area contributed by atoms with E-state index in [1.54, 1.807) is 13.8 Å². The number of ether oxygens (including phenoxy) is 8. The number of hydrogen-bond donors (Lipinski definition) is 0. The van der Waals surface area contributed by atoms with Gasteiger partial charge in [-0.25, -0.2) is 28.8 Å². The minimum atomic E-state index is -4.82. The highest BCUT2D eigenvalue weighted by atomic mass is 28.6. The molecule has 8 atom stereocenters. The number of hydrogen-bond acceptors (Lipinski definition) is 25. The fourth-order valence-electron chi connectivity index (χ4n) is 9.84. The first-order chi connectivity index (χ1) is 43.1. The Kier molecular flexibility index (Phi) is 28.9. The molecule has 0 aromatic carbocycles. The van der Waals surface area contributed by atoms with E-state index in [2.05, 4.69) is 65.8 Å². The van der Waals surface area contributed by atoms with Gasteiger partial charge in [-0.05, 0) is 130 Å². The summed E-state index contributed by atoms with van der Waals surface area (Å²) in [7, 11) is -37.3. The largest absolute Gasteiger partial charge is 0.494 e. The van der Waals surface area contributed by atoms with E-state index in [0.29, 0.717) is 22.7 Å². The second-order valence-corrected chi connectivity index (χ2v) is 49.9. The normalized spacial score (nSPS) is 27.4. The average molecular weight is 1430 g/mol. The Hall–Kier alpha value is -4.88. The Labute approximate surface area is 550 Å². The summed E-state index contributed by atoms with van der Waals surface area (Å²) in [5, 5.41) is 0. The molecule has 0 aliphatic carbocycles. The van der Waals surface area contributed by atoms with Gasteiger partial charge in [0.15, 0.2) is 0 Å². The molecule has 6 aliphatic heterocycles. The van der Waals surface area contributed by atoms with Crippen molar-refractivity contribution in [3.8, 4) is 0 Å². The topological polar surface area (TPSA) is 278 Å². The molecule has 25 nitrogen and oxygen atoms in total. The number of allylic oxidation sites excluding steroid dienone is 2. The van der Waals surface area contributed by atoms with Gasteiger partial charge in [-0.1, -0.05) is 65.8 Å². The molecule has 0 saturated carbocycles. The summed E-state index contributed by atoms with van der Waals surface area (Å²) < 4.78 is 134. The maximum Gasteiger partial charge on any atom is 0.479 e. The number of carbonyl (C=O) groups excluding carboxylic acids is 6. The maximum absolute atomic E-state index is 13.1. The third kappa shape index (κ3) is 22.6. The standard InChI is InChI=1S/C59H94O25Si8/c1-44(2)52(17)66-27-21-37-87-74-85(35-19-29-68-54(60)46(5)6)43-86(36-20-30-69-55(61)47(7)8)75-88(78-87,38-22-28-67-53(18)45(3)4)81-92(42-26-34-73-59(65)51(15)16)83-90(77-86,40-24-32-71-57(63)49(11)12)79-89(76-85,39-23-31-70-56(62)48(9)10)82-91(80-87,84-92)41-25-33-72-58(64)50(13)14/h1,3,5,7,9,11,13,15,17-43H2,2,4,6,8,10,12,14,16H3. The van der Waals surface area contributed by atoms with Crippen LogP contribution in [0.25, 0.3) is 0 Å². The number of rotatable bonds is 42. The van der Waals surface area contributed by atoms with Crippen LogP contribution in [0.5, 0.6) is 0 Å². The summed E-state index contributed by atoms with van der Waals surface area (Å²) in [5.41, 5.74) is 2.03. The molecule has 8 bridgehead atoms. The van der Waals surface area contributed by atoms with Crippen molar-refractivity contribution in [2.75, 3.05) is 52.9 Å². The van der Waals surface area contributed by atoms with E-state index < -0.39 is 106 Å². The summed E-state index contributed by atoms with van der Waals surface area (Å²) in [5.74, 6) is -3.22. The summed E-state index contributed by atoms with van der Waals surface area (Å²) in [6.07, 6.45) is 0.729. The van der Waals surface area contributed by atoms with Gasteiger partial charge in [-0.15, -0.1) is 0 Å². The molecule has 0 aromatic heterocycles. The predicted octanol–water partition coefficient (Wildman–Crippen LogP) is 10.3. The minimum absolute atomic E-state index is 0.0253. The van der Waals surface area contributed by atoms with Gasteiger partial charge in [-0.2, -0.15) is 0 Å². The third-order valence-electron chi connectivity index (χ3n) is 14.2. The Morgan fingerprint density at radius 2 is 0.413 bits per heavy atom. The van der Waals surface area contributed by atoms with Crippen LogP contribution in [0, 0.1) is 0 Å². The SMILES string of the molecule is C=C(C)C(=C)OCCC[Si]12O[Si]3(CCCOC(=O)C(=C)C)C[Si]4(CCCOC(=O)C(=C)C)O[Si](CCCOC(=C)C(=C)C)(O1)O[Si]1(CCCOC(=O)C(=C)C)O[Si](CCCOC(=O)C(=C)C)(O4)O[Si](CCCOC(=O)C(=C)C)(O3)O[Si](CCCOC(=O)C(=C)C)(O2)O1. The summed E-state index contributed by atoms with van der Waals surface area (Å²) in [4.78, 5) is 78.4. The van der Waals surface area contributed by atoms with Crippen molar-refractivity contribution in [1.82, 2.24) is 0 Å². The van der Waals surface area contributed by atoms with Gasteiger partial charge in [0.05, 0.1) is 52.9 Å². The maximum atomic E-state index is 13.1. The van der Waals surface area contributed by atoms with Crippen LogP contribution in [0.4, 0.5) is 0 Å². The van der Waals surface area contributed by atoms with Crippen molar-refractivity contribution in [2.24, 2.45) is 0 Å². The Bertz CT molecular complexity index is 2240. The highest BCUT2D eigenvalue weighted by molar-refractivity contribution is 7.06. The molecular weight excluding hydrogens is 1330 g/mol. The molecule has 0 radical (unpaired) electrons. The molecular formula is C59H94O25Si8. The zero-order valence-corrected chi connectivity index (χ0v) is 63.0. The van der Waals surface area contributed by atoms with E-state index in [-0.39, 0.29) is 192 Å². The Morgan fingerprint density at radius 1 is 0.250 bits per heavy atom. The first kappa shape index (κ1) is 77.8. The molecule has 33 heteroatoms. The van der Waals surface area contributed by atoms with Crippen molar-refractivity contribution in [3.05, 3.63) is 122 Å². The van der Waals surface area contributed by atoms with Gasteiger partial charge in [0.1, 0.15) is 11.5 Å². The van der Waals surface area contributed by atoms with E-state index in [4.69, 9.17) is 83.2 Å². The summed E-state index contributed by atoms with van der Waals surface area (Å²) in [6.45, 7) is 50.4. The van der Waals surface area contributed by atoms with Crippen LogP contribution in [-0.2, 0) is 112 Å². The van der Waals surface area contributed by atoms with E-state index in [1.807, 2.05) is 0 Å². The van der Waals surface area contributed by atoms with Gasteiger partial charge in [0, 0.05) is 75.4 Å². The monoisotopic (exact) mass is 1430 g/mol. The lowest BCUT2D eigenvalue weighted by atomic mass is 10.3. The van der Waals surface area contributed by atoms with E-state index >= 15 is 0 Å². The van der Waals surface area contributed by atoms with E-state index in [1.165, 1.54) is 41.5 Å². The van der Waals surface area contributed by atoms with Crippen LogP contribution in [0.3, 0.4) is 0 Å². The summed E-state index contributed by atoms with van der Waals surface area (Å²) in [6, 6.07) is -0.538. The molecule has 6 aliphatic rings. The molecule has 0 spiro atoms. The first-order valence-electron chi connectivity index (χ1n) is 30.7. The average Bonchev–Trinajstić information content (AvgIpc) is 0.689. The molecule has 6 heterocycles. The van der Waals surface area contributed by atoms with Crippen LogP contribution in [0.15, 0.2) is 122 Å². The van der Waals surface area contributed by atoms with Crippen molar-refractivity contribution < 1.29 is 112 Å². The predicted molar refractivity (Wildman–Crippen MR) is 353 cm³/mol. The van der Waals surface area contributed by atoms with Gasteiger partial charge in [0.2, 0.25) is 0 Å². The first-order valence-corrected chi connectivity index (χ1v) is 46.8. The Balaban J connectivity index is 1.96. The van der Waals surface area contributed by atoms with Gasteiger partial charge in [0.25, 0.3) is 0 Å². The summed E-state index contributed by atoms with van der Waals surface area (Å²) >= 11 is 0. The van der Waals surface area contributed by atoms with Crippen LogP contribution in [0.1, 0.15) is 107 Å². The Morgan fingerprint density at radius 3 is 0.587 bits per heavy atom. The number of esters is 6. The zero-order valence-electron chi connectivity index (χ0n) is 55.0. The van der Waals surface area contributed by atoms with Crippen LogP contribution in [-0.4, -0.2) is 159 Å². The van der Waals surface area contributed by atoms with Gasteiger partial charge >= 0.3 is 106 Å². The molecule has 0 amide bonds. The molecule has 512 valence electrons. The smallest absolute Gasteiger partial charge is 0.479 e.